The molecule has 1 atom stereocenters. The number of unbranched alkanes of at least 4 members (excludes halogenated alkanes) is 16. The maximum atomic E-state index is 13.5. The molecule has 0 N–H and O–H groups in total. The Balaban J connectivity index is 0.857. The van der Waals surface area contributed by atoms with E-state index in [9.17, 15) is 24.0 Å². The van der Waals surface area contributed by atoms with Crippen LogP contribution in [0.4, 0.5) is 0 Å². The molecule has 1 saturated heterocycles. The Morgan fingerprint density at radius 3 is 1.37 bits per heavy atom. The summed E-state index contributed by atoms with van der Waals surface area (Å²) >= 11 is 0. The lowest BCUT2D eigenvalue weighted by Crippen LogP contribution is -2.22. The highest BCUT2D eigenvalue weighted by molar-refractivity contribution is 5.93. The molecule has 3 aromatic rings. The first-order valence-electron chi connectivity index (χ1n) is 36.2. The van der Waals surface area contributed by atoms with Gasteiger partial charge >= 0.3 is 29.8 Å². The molecular formula is C78H114O16. The standard InChI is InChI=1S/C78H114O16/c1-3-5-6-7-18-32-65-36-42-68(43-37-65)84-52-20-8-12-24-56-88-74(80)50-51-76(82)91-59-27-15-11-23-55-87-72-47-46-70(63-71(72)78(83)94-62-29-17-16-28-60-92-77-33-19-30-61-93-77)86-54-22-10-14-26-58-90-75(81)49-48-73(79)89-57-25-13-9-21-53-85-69-44-40-67(41-45-69)66-38-34-64(31-4-2)35-39-66/h6,32,36-37,40-47,63-64,66,77H,3-5,8-17,19-31,33-35,38-39,48-62H2,1-2H3. The van der Waals surface area contributed by atoms with Gasteiger partial charge in [-0.3, -0.25) is 19.2 Å². The summed E-state index contributed by atoms with van der Waals surface area (Å²) in [6, 6.07) is 21.8. The average molecular weight is 1310 g/mol. The number of ether oxygens (including phenoxy) is 11. The predicted molar refractivity (Wildman–Crippen MR) is 366 cm³/mol. The SMILES string of the molecule is CCCC=C=C=Cc1ccc(OCCCCCCOC(=O)CCC(=O)OCCCCCCOc2ccc(OCCCCCCOC(=O)CCC(=O)OCCCCCCOc3ccc(C4CCC(CCC)CC4)cc3)cc2C(=O)OCCCCCCOC2CCCCO2)cc1. The first-order valence-corrected chi connectivity index (χ1v) is 36.2. The van der Waals surface area contributed by atoms with E-state index in [0.29, 0.717) is 82.1 Å². The van der Waals surface area contributed by atoms with Crippen molar-refractivity contribution in [1.29, 1.82) is 0 Å². The minimum atomic E-state index is -0.474. The molecule has 0 amide bonds. The normalized spacial score (nSPS) is 15.1. The van der Waals surface area contributed by atoms with E-state index in [1.807, 2.05) is 36.4 Å². The highest BCUT2D eigenvalue weighted by Gasteiger charge is 2.22. The van der Waals surface area contributed by atoms with Crippen molar-refractivity contribution in [3.8, 4) is 23.0 Å². The predicted octanol–water partition coefficient (Wildman–Crippen LogP) is 18.0. The molecule has 1 aliphatic carbocycles. The molecule has 1 heterocycles. The molecular weight excluding hydrogens is 1190 g/mol. The molecule has 1 aliphatic heterocycles. The van der Waals surface area contributed by atoms with E-state index >= 15 is 0 Å². The van der Waals surface area contributed by atoms with E-state index in [1.165, 1.54) is 44.1 Å². The molecule has 2 aliphatic rings. The Morgan fingerprint density at radius 2 is 0.894 bits per heavy atom. The molecule has 16 nitrogen and oxygen atoms in total. The third kappa shape index (κ3) is 37.5. The van der Waals surface area contributed by atoms with E-state index in [-0.39, 0.29) is 57.8 Å². The summed E-state index contributed by atoms with van der Waals surface area (Å²) in [6.07, 6.45) is 33.8. The summed E-state index contributed by atoms with van der Waals surface area (Å²) in [5, 5.41) is 0. The topological polar surface area (TPSA) is 187 Å². The number of allylic oxidation sites excluding steroid dienone is 1. The van der Waals surface area contributed by atoms with Gasteiger partial charge in [-0.25, -0.2) is 4.79 Å². The van der Waals surface area contributed by atoms with Crippen molar-refractivity contribution in [2.24, 2.45) is 5.92 Å². The van der Waals surface area contributed by atoms with Crippen LogP contribution in [0.15, 0.2) is 84.3 Å². The van der Waals surface area contributed by atoms with Crippen LogP contribution < -0.4 is 18.9 Å². The quantitative estimate of drug-likeness (QED) is 0.0225. The van der Waals surface area contributed by atoms with Crippen molar-refractivity contribution in [3.05, 3.63) is 101 Å². The second-order valence-corrected chi connectivity index (χ2v) is 24.9. The van der Waals surface area contributed by atoms with Crippen LogP contribution in [0.2, 0.25) is 0 Å². The monoisotopic (exact) mass is 1310 g/mol. The number of esters is 5. The maximum absolute atomic E-state index is 13.5. The van der Waals surface area contributed by atoms with Gasteiger partial charge in [-0.1, -0.05) is 75.3 Å². The zero-order valence-electron chi connectivity index (χ0n) is 57.3. The fourth-order valence-electron chi connectivity index (χ4n) is 11.3. The number of carbonyl (C=O) groups excluding carboxylic acids is 5. The molecule has 0 spiro atoms. The van der Waals surface area contributed by atoms with E-state index < -0.39 is 23.9 Å². The summed E-state index contributed by atoms with van der Waals surface area (Å²) in [7, 11) is 0. The van der Waals surface area contributed by atoms with Gasteiger partial charge in [0.15, 0.2) is 6.29 Å². The van der Waals surface area contributed by atoms with E-state index in [2.05, 4.69) is 49.6 Å². The van der Waals surface area contributed by atoms with Gasteiger partial charge in [0.2, 0.25) is 0 Å². The minimum Gasteiger partial charge on any atom is -0.494 e. The number of hydrogen-bond donors (Lipinski definition) is 0. The van der Waals surface area contributed by atoms with Crippen LogP contribution in [0.3, 0.4) is 0 Å². The Bertz CT molecular complexity index is 2610. The van der Waals surface area contributed by atoms with Gasteiger partial charge in [0.05, 0.1) is 85.1 Å². The number of benzene rings is 3. The van der Waals surface area contributed by atoms with Gasteiger partial charge in [-0.05, 0) is 251 Å². The van der Waals surface area contributed by atoms with Gasteiger partial charge in [-0.15, -0.1) is 0 Å². The van der Waals surface area contributed by atoms with Crippen LogP contribution in [-0.4, -0.2) is 109 Å². The molecule has 94 heavy (non-hydrogen) atoms. The van der Waals surface area contributed by atoms with Crippen LogP contribution in [0, 0.1) is 5.92 Å². The first kappa shape index (κ1) is 78.1. The van der Waals surface area contributed by atoms with Crippen molar-refractivity contribution in [1.82, 2.24) is 0 Å². The second-order valence-electron chi connectivity index (χ2n) is 24.9. The summed E-state index contributed by atoms with van der Waals surface area (Å²) in [5.41, 5.74) is 8.88. The van der Waals surface area contributed by atoms with Crippen molar-refractivity contribution in [3.63, 3.8) is 0 Å². The Labute approximate surface area is 562 Å². The lowest BCUT2D eigenvalue weighted by Gasteiger charge is -2.28. The smallest absolute Gasteiger partial charge is 0.342 e. The molecule has 1 unspecified atom stereocenters. The lowest BCUT2D eigenvalue weighted by atomic mass is 9.77. The maximum Gasteiger partial charge on any atom is 0.342 e. The molecule has 16 heteroatoms. The van der Waals surface area contributed by atoms with Crippen molar-refractivity contribution >= 4 is 35.9 Å². The summed E-state index contributed by atoms with van der Waals surface area (Å²) in [4.78, 5) is 62.6. The van der Waals surface area contributed by atoms with E-state index in [1.54, 1.807) is 18.2 Å². The third-order valence-electron chi connectivity index (χ3n) is 16.9. The molecule has 0 aromatic heterocycles. The van der Waals surface area contributed by atoms with Gasteiger partial charge in [-0.2, -0.15) is 0 Å². The number of hydrogen-bond acceptors (Lipinski definition) is 16. The molecule has 522 valence electrons. The largest absolute Gasteiger partial charge is 0.494 e. The number of carbonyl (C=O) groups is 5. The second kappa shape index (κ2) is 51.7. The van der Waals surface area contributed by atoms with Gasteiger partial charge < -0.3 is 52.1 Å². The van der Waals surface area contributed by atoms with Crippen molar-refractivity contribution in [2.45, 2.75) is 251 Å². The average Bonchev–Trinajstić information content (AvgIpc) is 1.32. The van der Waals surface area contributed by atoms with Gasteiger partial charge in [0.25, 0.3) is 0 Å². The summed E-state index contributed by atoms with van der Waals surface area (Å²) < 4.78 is 62.7. The highest BCUT2D eigenvalue weighted by atomic mass is 16.7. The molecule has 2 fully saturated rings. The first-order chi connectivity index (χ1) is 46.2. The molecule has 0 bridgehead atoms. The van der Waals surface area contributed by atoms with E-state index in [4.69, 9.17) is 52.1 Å². The van der Waals surface area contributed by atoms with Crippen LogP contribution in [0.25, 0.3) is 6.08 Å². The zero-order valence-corrected chi connectivity index (χ0v) is 57.3. The van der Waals surface area contributed by atoms with Crippen LogP contribution in [0.5, 0.6) is 23.0 Å². The fraction of sp³-hybridized carbons (Fsp3) is 0.654. The van der Waals surface area contributed by atoms with Crippen LogP contribution in [-0.2, 0) is 52.3 Å². The van der Waals surface area contributed by atoms with Crippen molar-refractivity contribution in [2.75, 3.05) is 72.7 Å². The summed E-state index contributed by atoms with van der Waals surface area (Å²) in [5.74, 6) is 2.21. The van der Waals surface area contributed by atoms with Crippen LogP contribution in [0.1, 0.15) is 266 Å². The van der Waals surface area contributed by atoms with Gasteiger partial charge in [0.1, 0.15) is 28.6 Å². The summed E-state index contributed by atoms with van der Waals surface area (Å²) in [6.45, 7) is 9.42. The fourth-order valence-corrected chi connectivity index (χ4v) is 11.3. The van der Waals surface area contributed by atoms with E-state index in [0.717, 1.165) is 177 Å². The third-order valence-corrected chi connectivity index (χ3v) is 16.9. The number of rotatable bonds is 53. The molecule has 1 saturated carbocycles. The molecule has 3 aromatic carbocycles. The zero-order chi connectivity index (χ0) is 66.6. The Morgan fingerprint density at radius 1 is 0.447 bits per heavy atom. The molecule has 5 rings (SSSR count). The Hall–Kier alpha value is -6.57. The molecule has 0 radical (unpaired) electrons. The lowest BCUT2D eigenvalue weighted by molar-refractivity contribution is -0.162. The van der Waals surface area contributed by atoms with Gasteiger partial charge in [0, 0.05) is 13.2 Å². The Kier molecular flexibility index (Phi) is 43.0. The van der Waals surface area contributed by atoms with Crippen molar-refractivity contribution < 1.29 is 76.1 Å². The van der Waals surface area contributed by atoms with Crippen LogP contribution >= 0.6 is 0 Å². The minimum absolute atomic E-state index is 0.00254. The highest BCUT2D eigenvalue weighted by Crippen LogP contribution is 2.38.